The minimum atomic E-state index is -1.95. The number of nitrogens with zero attached hydrogens (tertiary/aromatic N) is 3. The first-order chi connectivity index (χ1) is 30.9. The van der Waals surface area contributed by atoms with Gasteiger partial charge >= 0.3 is 12.1 Å². The summed E-state index contributed by atoms with van der Waals surface area (Å²) in [4.78, 5) is 66.3. The molecule has 0 bridgehead atoms. The number of aliphatic hydroxyl groups excluding tert-OH is 1. The van der Waals surface area contributed by atoms with E-state index in [1.165, 1.54) is 7.11 Å². The van der Waals surface area contributed by atoms with Crippen molar-refractivity contribution in [1.82, 2.24) is 4.90 Å². The Morgan fingerprint density at radius 2 is 1.46 bits per heavy atom. The molecule has 14 heteroatoms. The lowest BCUT2D eigenvalue weighted by atomic mass is 9.65. The van der Waals surface area contributed by atoms with Crippen molar-refractivity contribution in [3.05, 3.63) is 156 Å². The number of para-hydroxylation sites is 1. The molecular formula is C49H48N4O10. The number of methoxy groups -OCH3 is 1. The van der Waals surface area contributed by atoms with Gasteiger partial charge in [0.25, 0.3) is 0 Å². The fourth-order valence-electron chi connectivity index (χ4n) is 9.86. The summed E-state index contributed by atoms with van der Waals surface area (Å²) in [7, 11) is 1.47. The van der Waals surface area contributed by atoms with Crippen LogP contribution in [-0.4, -0.2) is 99.8 Å². The molecule has 3 fully saturated rings. The van der Waals surface area contributed by atoms with E-state index in [1.807, 2.05) is 83.8 Å². The second-order valence-electron chi connectivity index (χ2n) is 15.8. The maximum atomic E-state index is 16.1. The molecule has 5 aromatic rings. The third-order valence-corrected chi connectivity index (χ3v) is 12.4. The lowest BCUT2D eigenvalue weighted by molar-refractivity contribution is -0.177. The molecule has 0 aromatic heterocycles. The number of nitrogens with one attached hydrogen (secondary N) is 1. The number of benzene rings is 5. The zero-order valence-electron chi connectivity index (χ0n) is 34.7. The number of ether oxygens (including phenoxy) is 5. The maximum absolute atomic E-state index is 16.1. The molecule has 3 amide bonds. The molecule has 63 heavy (non-hydrogen) atoms. The Morgan fingerprint density at radius 3 is 2.17 bits per heavy atom. The Labute approximate surface area is 364 Å². The van der Waals surface area contributed by atoms with Gasteiger partial charge in [0.05, 0.1) is 50.1 Å². The van der Waals surface area contributed by atoms with Gasteiger partial charge in [0, 0.05) is 31.6 Å². The van der Waals surface area contributed by atoms with E-state index in [4.69, 9.17) is 23.7 Å². The summed E-state index contributed by atoms with van der Waals surface area (Å²) in [5.74, 6) is -3.17. The first kappa shape index (κ1) is 41.8. The van der Waals surface area contributed by atoms with Gasteiger partial charge < -0.3 is 39.0 Å². The normalized spacial score (nSPS) is 24.1. The molecule has 3 saturated heterocycles. The number of imide groups is 1. The van der Waals surface area contributed by atoms with Gasteiger partial charge in [-0.2, -0.15) is 0 Å². The van der Waals surface area contributed by atoms with Gasteiger partial charge in [0.2, 0.25) is 11.8 Å². The zero-order chi connectivity index (χ0) is 43.5. The van der Waals surface area contributed by atoms with E-state index in [0.717, 1.165) is 29.2 Å². The molecule has 9 rings (SSSR count). The Hall–Kier alpha value is -6.58. The number of aliphatic hydroxyl groups is 1. The largest absolute Gasteiger partial charge is 0.491 e. The number of esters is 1. The van der Waals surface area contributed by atoms with Gasteiger partial charge in [-0.25, -0.2) is 9.69 Å². The summed E-state index contributed by atoms with van der Waals surface area (Å²) in [5.41, 5.74) is 2.04. The maximum Gasteiger partial charge on any atom is 0.421 e. The second-order valence-corrected chi connectivity index (χ2v) is 15.8. The summed E-state index contributed by atoms with van der Waals surface area (Å²) in [5, 5.41) is 12.8. The summed E-state index contributed by atoms with van der Waals surface area (Å²) in [6.07, 6.45) is -1.84. The molecule has 5 aromatic carbocycles. The fourth-order valence-corrected chi connectivity index (χ4v) is 9.86. The number of amides is 3. The van der Waals surface area contributed by atoms with E-state index in [2.05, 4.69) is 10.2 Å². The number of anilines is 3. The average Bonchev–Trinajstić information content (AvgIpc) is 3.79. The third-order valence-electron chi connectivity index (χ3n) is 12.4. The number of carbonyl (C=O) groups excluding carboxylic acids is 4. The van der Waals surface area contributed by atoms with Crippen molar-refractivity contribution < 1.29 is 48.0 Å². The van der Waals surface area contributed by atoms with Crippen LogP contribution < -0.4 is 19.9 Å². The van der Waals surface area contributed by atoms with Crippen LogP contribution in [0.2, 0.25) is 0 Å². The summed E-state index contributed by atoms with van der Waals surface area (Å²) in [6, 6.07) is 37.1. The van der Waals surface area contributed by atoms with Gasteiger partial charge in [0.1, 0.15) is 36.5 Å². The van der Waals surface area contributed by atoms with Crippen molar-refractivity contribution in [3.8, 4) is 5.75 Å². The Morgan fingerprint density at radius 1 is 0.778 bits per heavy atom. The lowest BCUT2D eigenvalue weighted by Gasteiger charge is -2.46. The van der Waals surface area contributed by atoms with Crippen molar-refractivity contribution in [2.24, 2.45) is 5.92 Å². The minimum absolute atomic E-state index is 0.00113. The van der Waals surface area contributed by atoms with Crippen LogP contribution in [0.3, 0.4) is 0 Å². The molecule has 0 unspecified atom stereocenters. The number of cyclic esters (lactones) is 1. The van der Waals surface area contributed by atoms with E-state index < -0.39 is 59.4 Å². The topological polar surface area (TPSA) is 156 Å². The Kier molecular flexibility index (Phi) is 11.9. The number of rotatable bonds is 12. The van der Waals surface area contributed by atoms with Crippen LogP contribution in [0, 0.1) is 5.92 Å². The molecule has 324 valence electrons. The first-order valence-electron chi connectivity index (χ1n) is 21.1. The molecule has 4 heterocycles. The predicted octanol–water partition coefficient (Wildman–Crippen LogP) is 5.98. The summed E-state index contributed by atoms with van der Waals surface area (Å²) < 4.78 is 28.8. The van der Waals surface area contributed by atoms with E-state index >= 15 is 14.4 Å². The van der Waals surface area contributed by atoms with Crippen molar-refractivity contribution >= 4 is 40.9 Å². The highest BCUT2D eigenvalue weighted by Gasteiger charge is 2.75. The second kappa shape index (κ2) is 18.0. The zero-order valence-corrected chi connectivity index (χ0v) is 34.7. The van der Waals surface area contributed by atoms with E-state index in [9.17, 15) is 9.90 Å². The number of carbonyl (C=O) groups is 4. The van der Waals surface area contributed by atoms with Crippen LogP contribution in [0.1, 0.15) is 40.4 Å². The first-order valence-corrected chi connectivity index (χ1v) is 21.1. The average molecular weight is 853 g/mol. The molecule has 6 atom stereocenters. The Balaban J connectivity index is 1.28. The fraction of sp³-hybridized carbons (Fsp3) is 0.306. The van der Waals surface area contributed by atoms with Crippen molar-refractivity contribution in [3.63, 3.8) is 0 Å². The molecule has 4 aliphatic heterocycles. The van der Waals surface area contributed by atoms with E-state index in [0.29, 0.717) is 41.3 Å². The predicted molar refractivity (Wildman–Crippen MR) is 232 cm³/mol. The van der Waals surface area contributed by atoms with Gasteiger partial charge in [-0.1, -0.05) is 91.0 Å². The number of morpholine rings is 2. The lowest BCUT2D eigenvalue weighted by Crippen LogP contribution is -2.54. The van der Waals surface area contributed by atoms with Crippen LogP contribution in [0.5, 0.6) is 5.75 Å². The molecule has 2 N–H and O–H groups in total. The smallest absolute Gasteiger partial charge is 0.421 e. The van der Waals surface area contributed by atoms with Gasteiger partial charge in [-0.3, -0.25) is 19.3 Å². The van der Waals surface area contributed by atoms with Crippen molar-refractivity contribution in [2.45, 2.75) is 29.6 Å². The number of hydrogen-bond acceptors (Lipinski definition) is 12. The van der Waals surface area contributed by atoms with E-state index in [-0.39, 0.29) is 32.1 Å². The van der Waals surface area contributed by atoms with Crippen LogP contribution >= 0.6 is 0 Å². The summed E-state index contributed by atoms with van der Waals surface area (Å²) >= 11 is 0. The van der Waals surface area contributed by atoms with Gasteiger partial charge in [-0.15, -0.1) is 0 Å². The SMILES string of the molecule is COCCOC(=O)N1C(=O)[C@@]2(c3ccccc31)[C@H](C(=O)Nc1ccc(N3CCOCC3)cc1)[C@H]1C(=O)O[C@H](c3ccccc3)[C@H](c3ccccc3)N1[C@@H]2c1cccc(OCCO)c1. The highest BCUT2D eigenvalue weighted by Crippen LogP contribution is 2.66. The minimum Gasteiger partial charge on any atom is -0.491 e. The number of hydrogen-bond donors (Lipinski definition) is 2. The highest BCUT2D eigenvalue weighted by atomic mass is 16.6. The van der Waals surface area contributed by atoms with Crippen molar-refractivity contribution in [1.29, 1.82) is 0 Å². The Bertz CT molecular complexity index is 2450. The van der Waals surface area contributed by atoms with Gasteiger partial charge in [0.15, 0.2) is 0 Å². The molecule has 0 saturated carbocycles. The van der Waals surface area contributed by atoms with Crippen LogP contribution in [0.25, 0.3) is 0 Å². The molecule has 1 spiro atoms. The molecule has 14 nitrogen and oxygen atoms in total. The van der Waals surface area contributed by atoms with Crippen LogP contribution in [0.15, 0.2) is 133 Å². The van der Waals surface area contributed by atoms with Crippen molar-refractivity contribution in [2.75, 3.05) is 75.0 Å². The molecule has 4 aliphatic rings. The summed E-state index contributed by atoms with van der Waals surface area (Å²) in [6.45, 7) is 2.37. The quantitative estimate of drug-likeness (QED) is 0.112. The standard InChI is InChI=1S/C49H48N4O10/c1-59-29-30-62-48(58)52-39-18-9-8-17-38(39)49(47(52)57)40(45(55)50-35-19-21-36(22-20-35)51-23-26-60-27-24-51)42-46(56)63-43(33-13-6-3-7-14-33)41(32-11-4-2-5-12-32)53(42)44(49)34-15-10-16-37(31-34)61-28-25-54/h2-22,31,40-44,54H,23-30H2,1H3,(H,50,55)/t40-,41-,42-,43+,44+,49-/m0/s1. The van der Waals surface area contributed by atoms with Crippen LogP contribution in [0.4, 0.5) is 21.9 Å². The molecular weight excluding hydrogens is 805 g/mol. The highest BCUT2D eigenvalue weighted by molar-refractivity contribution is 6.24. The number of fused-ring (bicyclic) bond motifs is 3. The monoisotopic (exact) mass is 852 g/mol. The molecule has 0 aliphatic carbocycles. The van der Waals surface area contributed by atoms with E-state index in [1.54, 1.807) is 54.6 Å². The van der Waals surface area contributed by atoms with Crippen LogP contribution in [-0.2, 0) is 38.7 Å². The van der Waals surface area contributed by atoms with Gasteiger partial charge in [-0.05, 0) is 64.7 Å². The third kappa shape index (κ3) is 7.48. The molecule has 0 radical (unpaired) electrons.